The van der Waals surface area contributed by atoms with Gasteiger partial charge in [0.25, 0.3) is 0 Å². The topological polar surface area (TPSA) is 89.9 Å². The molecule has 0 saturated carbocycles. The number of aromatic nitrogens is 4. The number of hydrogen-bond donors (Lipinski definition) is 1. The van der Waals surface area contributed by atoms with E-state index in [9.17, 15) is 4.79 Å². The molecule has 0 unspecified atom stereocenters. The van der Waals surface area contributed by atoms with Crippen LogP contribution in [-0.4, -0.2) is 36.9 Å². The number of anilines is 1. The number of benzene rings is 1. The summed E-state index contributed by atoms with van der Waals surface area (Å²) in [5.74, 6) is 0.539. The standard InChI is InChI=1S/C22H24N6O/c1-16(29)27(14-17-8-10-24-11-9-17)12-4-5-13-28-15-25-20-21(28)18-6-2-3-7-19(18)26-22(20)23/h2-3,6-11,15H,4-5,12-14H2,1H3,(H2,23,26). The largest absolute Gasteiger partial charge is 0.382 e. The molecule has 3 heterocycles. The van der Waals surface area contributed by atoms with E-state index in [2.05, 4.69) is 25.6 Å². The van der Waals surface area contributed by atoms with Crippen molar-refractivity contribution in [1.82, 2.24) is 24.4 Å². The van der Waals surface area contributed by atoms with Crippen LogP contribution >= 0.6 is 0 Å². The number of fused-ring (bicyclic) bond motifs is 3. The summed E-state index contributed by atoms with van der Waals surface area (Å²) in [6, 6.07) is 11.9. The van der Waals surface area contributed by atoms with Gasteiger partial charge in [0.15, 0.2) is 5.82 Å². The molecular weight excluding hydrogens is 364 g/mol. The number of rotatable bonds is 7. The van der Waals surface area contributed by atoms with Crippen LogP contribution in [0, 0.1) is 0 Å². The van der Waals surface area contributed by atoms with Crippen molar-refractivity contribution in [1.29, 1.82) is 0 Å². The van der Waals surface area contributed by atoms with Gasteiger partial charge in [-0.15, -0.1) is 0 Å². The Hall–Kier alpha value is -3.48. The first-order valence-corrected chi connectivity index (χ1v) is 9.77. The number of nitrogens with two attached hydrogens (primary N) is 1. The lowest BCUT2D eigenvalue weighted by molar-refractivity contribution is -0.129. The van der Waals surface area contributed by atoms with Gasteiger partial charge in [-0.25, -0.2) is 9.97 Å². The first-order valence-electron chi connectivity index (χ1n) is 9.77. The molecule has 148 valence electrons. The predicted molar refractivity (Wildman–Crippen MR) is 114 cm³/mol. The van der Waals surface area contributed by atoms with Gasteiger partial charge in [-0.1, -0.05) is 18.2 Å². The van der Waals surface area contributed by atoms with Crippen LogP contribution in [0.1, 0.15) is 25.3 Å². The Kier molecular flexibility index (Phi) is 5.37. The van der Waals surface area contributed by atoms with E-state index in [0.717, 1.165) is 46.9 Å². The van der Waals surface area contributed by atoms with Crippen molar-refractivity contribution < 1.29 is 4.79 Å². The minimum Gasteiger partial charge on any atom is -0.382 e. The van der Waals surface area contributed by atoms with E-state index in [4.69, 9.17) is 5.73 Å². The van der Waals surface area contributed by atoms with Gasteiger partial charge in [0, 0.05) is 44.3 Å². The highest BCUT2D eigenvalue weighted by Gasteiger charge is 2.13. The Morgan fingerprint density at radius 1 is 1.14 bits per heavy atom. The Bertz CT molecular complexity index is 1140. The highest BCUT2D eigenvalue weighted by atomic mass is 16.2. The molecule has 1 aromatic carbocycles. The molecular formula is C22H24N6O. The average Bonchev–Trinajstić information content (AvgIpc) is 3.16. The minimum absolute atomic E-state index is 0.0831. The van der Waals surface area contributed by atoms with Crippen molar-refractivity contribution in [2.45, 2.75) is 32.9 Å². The number of hydrogen-bond acceptors (Lipinski definition) is 5. The third-order valence-corrected chi connectivity index (χ3v) is 5.13. The van der Waals surface area contributed by atoms with Crippen molar-refractivity contribution >= 4 is 33.7 Å². The molecule has 29 heavy (non-hydrogen) atoms. The Labute approximate surface area is 169 Å². The van der Waals surface area contributed by atoms with Gasteiger partial charge in [-0.3, -0.25) is 9.78 Å². The van der Waals surface area contributed by atoms with Crippen LogP contribution < -0.4 is 5.73 Å². The smallest absolute Gasteiger partial charge is 0.219 e. The molecule has 0 saturated heterocycles. The van der Waals surface area contributed by atoms with Crippen LogP contribution in [0.15, 0.2) is 55.1 Å². The van der Waals surface area contributed by atoms with Crippen LogP contribution in [0.2, 0.25) is 0 Å². The van der Waals surface area contributed by atoms with Gasteiger partial charge < -0.3 is 15.2 Å². The summed E-state index contributed by atoms with van der Waals surface area (Å²) in [5.41, 5.74) is 9.83. The number of aryl methyl sites for hydroxylation is 1. The first kappa shape index (κ1) is 18.9. The number of para-hydroxylation sites is 1. The van der Waals surface area contributed by atoms with Crippen LogP contribution in [0.5, 0.6) is 0 Å². The SMILES string of the molecule is CC(=O)N(CCCCn1cnc2c(N)nc3ccccc3c21)Cc1ccncc1. The number of amides is 1. The van der Waals surface area contributed by atoms with E-state index in [1.165, 1.54) is 0 Å². The number of carbonyl (C=O) groups is 1. The van der Waals surface area contributed by atoms with E-state index in [-0.39, 0.29) is 5.91 Å². The molecule has 0 aliphatic heterocycles. The molecule has 7 heteroatoms. The van der Waals surface area contributed by atoms with Crippen molar-refractivity contribution in [3.63, 3.8) is 0 Å². The van der Waals surface area contributed by atoms with Crippen LogP contribution in [0.3, 0.4) is 0 Å². The fraction of sp³-hybridized carbons (Fsp3) is 0.273. The van der Waals surface area contributed by atoms with Gasteiger partial charge >= 0.3 is 0 Å². The molecule has 0 fully saturated rings. The number of imidazole rings is 1. The fourth-order valence-corrected chi connectivity index (χ4v) is 3.62. The van der Waals surface area contributed by atoms with Crippen molar-refractivity contribution in [3.8, 4) is 0 Å². The summed E-state index contributed by atoms with van der Waals surface area (Å²) in [4.78, 5) is 26.8. The van der Waals surface area contributed by atoms with Crippen molar-refractivity contribution in [2.75, 3.05) is 12.3 Å². The molecule has 4 rings (SSSR count). The third-order valence-electron chi connectivity index (χ3n) is 5.13. The molecule has 0 aliphatic carbocycles. The van der Waals surface area contributed by atoms with Crippen molar-refractivity contribution in [2.24, 2.45) is 0 Å². The second-order valence-corrected chi connectivity index (χ2v) is 7.15. The number of nitrogen functional groups attached to an aromatic ring is 1. The maximum absolute atomic E-state index is 12.0. The molecule has 2 N–H and O–H groups in total. The van der Waals surface area contributed by atoms with Gasteiger partial charge in [-0.05, 0) is 36.6 Å². The minimum atomic E-state index is 0.0831. The molecule has 0 radical (unpaired) electrons. The lowest BCUT2D eigenvalue weighted by atomic mass is 10.2. The Morgan fingerprint density at radius 2 is 1.93 bits per heavy atom. The summed E-state index contributed by atoms with van der Waals surface area (Å²) < 4.78 is 2.14. The average molecular weight is 388 g/mol. The van der Waals surface area contributed by atoms with E-state index < -0.39 is 0 Å². The predicted octanol–water partition coefficient (Wildman–Crippen LogP) is 3.39. The zero-order valence-electron chi connectivity index (χ0n) is 16.5. The zero-order valence-corrected chi connectivity index (χ0v) is 16.5. The summed E-state index contributed by atoms with van der Waals surface area (Å²) in [6.07, 6.45) is 7.17. The van der Waals surface area contributed by atoms with E-state index in [0.29, 0.717) is 18.9 Å². The molecule has 4 aromatic rings. The monoisotopic (exact) mass is 388 g/mol. The quantitative estimate of drug-likeness (QED) is 0.490. The Morgan fingerprint density at radius 3 is 2.72 bits per heavy atom. The molecule has 0 atom stereocenters. The fourth-order valence-electron chi connectivity index (χ4n) is 3.62. The number of pyridine rings is 2. The second kappa shape index (κ2) is 8.26. The van der Waals surface area contributed by atoms with Crippen LogP contribution in [-0.2, 0) is 17.9 Å². The van der Waals surface area contributed by atoms with E-state index >= 15 is 0 Å². The zero-order chi connectivity index (χ0) is 20.2. The summed E-state index contributed by atoms with van der Waals surface area (Å²) in [7, 11) is 0. The second-order valence-electron chi connectivity index (χ2n) is 7.15. The number of nitrogens with zero attached hydrogens (tertiary/aromatic N) is 5. The molecule has 0 bridgehead atoms. The molecule has 0 spiro atoms. The van der Waals surface area contributed by atoms with Gasteiger partial charge in [0.2, 0.25) is 5.91 Å². The third kappa shape index (κ3) is 4.03. The summed E-state index contributed by atoms with van der Waals surface area (Å²) in [5, 5.41) is 1.05. The lowest BCUT2D eigenvalue weighted by Gasteiger charge is -2.21. The van der Waals surface area contributed by atoms with Crippen LogP contribution in [0.25, 0.3) is 21.9 Å². The molecule has 1 amide bonds. The maximum Gasteiger partial charge on any atom is 0.219 e. The molecule has 7 nitrogen and oxygen atoms in total. The maximum atomic E-state index is 12.0. The number of carbonyl (C=O) groups excluding carboxylic acids is 1. The molecule has 3 aromatic heterocycles. The van der Waals surface area contributed by atoms with Gasteiger partial charge in [0.1, 0.15) is 5.52 Å². The highest BCUT2D eigenvalue weighted by molar-refractivity contribution is 6.06. The van der Waals surface area contributed by atoms with E-state index in [1.807, 2.05) is 41.6 Å². The van der Waals surface area contributed by atoms with Gasteiger partial charge in [0.05, 0.1) is 17.4 Å². The normalized spacial score (nSPS) is 11.2. The summed E-state index contributed by atoms with van der Waals surface area (Å²) >= 11 is 0. The van der Waals surface area contributed by atoms with Crippen LogP contribution in [0.4, 0.5) is 5.82 Å². The molecule has 0 aliphatic rings. The number of unbranched alkanes of at least 4 members (excludes halogenated alkanes) is 1. The van der Waals surface area contributed by atoms with E-state index in [1.54, 1.807) is 19.3 Å². The highest BCUT2D eigenvalue weighted by Crippen LogP contribution is 2.27. The first-order chi connectivity index (χ1) is 14.1. The summed E-state index contributed by atoms with van der Waals surface area (Å²) in [6.45, 7) is 3.75. The van der Waals surface area contributed by atoms with Gasteiger partial charge in [-0.2, -0.15) is 0 Å². The van der Waals surface area contributed by atoms with Crippen molar-refractivity contribution in [3.05, 3.63) is 60.7 Å². The Balaban J connectivity index is 1.44. The lowest BCUT2D eigenvalue weighted by Crippen LogP contribution is -2.29.